The second-order valence-electron chi connectivity index (χ2n) is 13.1. The highest BCUT2D eigenvalue weighted by atomic mass is 35.5. The Labute approximate surface area is 304 Å². The molecule has 1 saturated heterocycles. The van der Waals surface area contributed by atoms with Gasteiger partial charge in [0.25, 0.3) is 11.8 Å². The standard InChI is InChI=1S/C40H40N6O4.ClH/c1-27-37(40(49)46(30-12-14-34(47)15-13-30)33-21-31(23-41)42(2)25-33)22-38(43(27)3)35-10-6-7-11-36(35)39(48)45-24-29-9-5-4-8-28(29)20-32(45)26-44-16-18-50-19-17-44;/h4-15,21-22,25,32,47H,16-20,24,26H2,1-3H3;1H/t32-;/m0./s1. The summed E-state index contributed by atoms with van der Waals surface area (Å²) in [6, 6.07) is 28.1. The molecule has 2 aliphatic heterocycles. The average Bonchev–Trinajstić information content (AvgIpc) is 3.66. The van der Waals surface area contributed by atoms with Gasteiger partial charge in [0.1, 0.15) is 17.5 Å². The van der Waals surface area contributed by atoms with E-state index in [2.05, 4.69) is 29.2 Å². The number of anilines is 2. The Balaban J connectivity index is 0.00000448. The van der Waals surface area contributed by atoms with E-state index in [0.29, 0.717) is 48.0 Å². The molecule has 1 atom stereocenters. The smallest absolute Gasteiger partial charge is 0.264 e. The molecule has 2 aliphatic rings. The number of carbonyl (C=O) groups is 2. The number of nitriles is 1. The zero-order valence-corrected chi connectivity index (χ0v) is 29.8. The number of nitrogens with zero attached hydrogens (tertiary/aromatic N) is 6. The van der Waals surface area contributed by atoms with Gasteiger partial charge in [-0.2, -0.15) is 5.26 Å². The maximum atomic E-state index is 14.7. The second-order valence-corrected chi connectivity index (χ2v) is 13.1. The molecule has 0 saturated carbocycles. The minimum Gasteiger partial charge on any atom is -0.508 e. The number of amides is 2. The Morgan fingerprint density at radius 2 is 1.61 bits per heavy atom. The first-order chi connectivity index (χ1) is 24.2. The third kappa shape index (κ3) is 6.88. The molecule has 3 aromatic carbocycles. The molecule has 0 bridgehead atoms. The van der Waals surface area contributed by atoms with Crippen molar-refractivity contribution < 1.29 is 19.4 Å². The van der Waals surface area contributed by atoms with Crippen molar-refractivity contribution in [2.24, 2.45) is 14.1 Å². The van der Waals surface area contributed by atoms with Gasteiger partial charge in [-0.05, 0) is 66.9 Å². The summed E-state index contributed by atoms with van der Waals surface area (Å²) in [5, 5.41) is 19.6. The van der Waals surface area contributed by atoms with E-state index in [1.807, 2.05) is 59.8 Å². The van der Waals surface area contributed by atoms with E-state index in [9.17, 15) is 20.0 Å². The van der Waals surface area contributed by atoms with Gasteiger partial charge in [0, 0.05) is 80.7 Å². The maximum Gasteiger partial charge on any atom is 0.264 e. The van der Waals surface area contributed by atoms with Gasteiger partial charge in [-0.1, -0.05) is 42.5 Å². The third-order valence-electron chi connectivity index (χ3n) is 10.1. The number of halogens is 1. The van der Waals surface area contributed by atoms with Crippen LogP contribution in [0.5, 0.6) is 5.75 Å². The number of benzene rings is 3. The SMILES string of the molecule is Cc1c(C(=O)N(c2ccc(O)cc2)c2cc(C#N)n(C)c2)cc(-c2ccccc2C(=O)N2Cc3ccccc3C[C@H]2CN2CCOCC2)n1C.Cl. The molecular formula is C40H41ClN6O4. The molecule has 51 heavy (non-hydrogen) atoms. The van der Waals surface area contributed by atoms with Crippen molar-refractivity contribution in [2.75, 3.05) is 37.7 Å². The lowest BCUT2D eigenvalue weighted by molar-refractivity contribution is 0.0193. The molecule has 0 aliphatic carbocycles. The van der Waals surface area contributed by atoms with Crippen LogP contribution in [0.2, 0.25) is 0 Å². The summed E-state index contributed by atoms with van der Waals surface area (Å²) in [6.45, 7) is 6.27. The number of carbonyl (C=O) groups excluding carboxylic acids is 2. The van der Waals surface area contributed by atoms with Gasteiger partial charge in [0.15, 0.2) is 0 Å². The number of aromatic nitrogens is 2. The highest BCUT2D eigenvalue weighted by Crippen LogP contribution is 2.35. The van der Waals surface area contributed by atoms with E-state index < -0.39 is 0 Å². The molecule has 5 aromatic rings. The molecule has 11 heteroatoms. The zero-order chi connectivity index (χ0) is 34.9. The number of ether oxygens (including phenoxy) is 1. The summed E-state index contributed by atoms with van der Waals surface area (Å²) in [5.41, 5.74) is 7.16. The van der Waals surface area contributed by atoms with Gasteiger partial charge >= 0.3 is 0 Å². The Kier molecular flexibility index (Phi) is 10.3. The summed E-state index contributed by atoms with van der Waals surface area (Å²) in [7, 11) is 3.66. The molecule has 1 fully saturated rings. The van der Waals surface area contributed by atoms with Crippen molar-refractivity contribution in [2.45, 2.75) is 25.9 Å². The lowest BCUT2D eigenvalue weighted by Gasteiger charge is -2.40. The number of phenolic OH excluding ortho intramolecular Hbond substituents is 1. The first-order valence-electron chi connectivity index (χ1n) is 16.9. The molecular weight excluding hydrogens is 664 g/mol. The second kappa shape index (κ2) is 14.9. The Morgan fingerprint density at radius 3 is 2.31 bits per heavy atom. The Morgan fingerprint density at radius 1 is 0.922 bits per heavy atom. The molecule has 10 nitrogen and oxygen atoms in total. The van der Waals surface area contributed by atoms with Crippen LogP contribution in [0, 0.1) is 18.3 Å². The summed E-state index contributed by atoms with van der Waals surface area (Å²) in [6.07, 6.45) is 2.52. The molecule has 2 amide bonds. The van der Waals surface area contributed by atoms with Crippen LogP contribution in [0.1, 0.15) is 43.2 Å². The van der Waals surface area contributed by atoms with Crippen LogP contribution >= 0.6 is 12.4 Å². The lowest BCUT2D eigenvalue weighted by atomic mass is 9.92. The summed E-state index contributed by atoms with van der Waals surface area (Å²) in [5.74, 6) is -0.262. The minimum atomic E-state index is -0.299. The number of aromatic hydroxyl groups is 1. The van der Waals surface area contributed by atoms with Crippen molar-refractivity contribution in [3.05, 3.63) is 125 Å². The van der Waals surface area contributed by atoms with E-state index in [0.717, 1.165) is 48.6 Å². The largest absolute Gasteiger partial charge is 0.508 e. The summed E-state index contributed by atoms with van der Waals surface area (Å²) in [4.78, 5) is 35.2. The van der Waals surface area contributed by atoms with E-state index in [-0.39, 0.29) is 36.0 Å². The molecule has 4 heterocycles. The van der Waals surface area contributed by atoms with Gasteiger partial charge in [-0.25, -0.2) is 0 Å². The minimum absolute atomic E-state index is 0. The number of phenols is 1. The van der Waals surface area contributed by atoms with Crippen LogP contribution in [0.3, 0.4) is 0 Å². The summed E-state index contributed by atoms with van der Waals surface area (Å²) >= 11 is 0. The van der Waals surface area contributed by atoms with Crippen LogP contribution in [0.4, 0.5) is 11.4 Å². The third-order valence-corrected chi connectivity index (χ3v) is 10.1. The molecule has 2 aromatic heterocycles. The fourth-order valence-corrected chi connectivity index (χ4v) is 7.18. The number of rotatable bonds is 7. The monoisotopic (exact) mass is 704 g/mol. The van der Waals surface area contributed by atoms with Crippen molar-refractivity contribution in [1.29, 1.82) is 5.26 Å². The number of morpholine rings is 1. The van der Waals surface area contributed by atoms with Crippen molar-refractivity contribution in [3.63, 3.8) is 0 Å². The Hall–Kier alpha value is -5.34. The van der Waals surface area contributed by atoms with Gasteiger partial charge in [0.05, 0.1) is 24.5 Å². The lowest BCUT2D eigenvalue weighted by Crippen LogP contribution is -2.52. The van der Waals surface area contributed by atoms with E-state index >= 15 is 0 Å². The summed E-state index contributed by atoms with van der Waals surface area (Å²) < 4.78 is 9.23. The van der Waals surface area contributed by atoms with Gasteiger partial charge in [-0.3, -0.25) is 19.4 Å². The predicted octanol–water partition coefficient (Wildman–Crippen LogP) is 6.22. The number of fused-ring (bicyclic) bond motifs is 1. The molecule has 0 radical (unpaired) electrons. The van der Waals surface area contributed by atoms with Crippen LogP contribution in [-0.4, -0.2) is 74.7 Å². The number of hydrogen-bond acceptors (Lipinski definition) is 6. The van der Waals surface area contributed by atoms with Crippen molar-refractivity contribution in [3.8, 4) is 23.1 Å². The highest BCUT2D eigenvalue weighted by molar-refractivity contribution is 6.12. The van der Waals surface area contributed by atoms with Crippen molar-refractivity contribution >= 4 is 35.6 Å². The molecule has 7 rings (SSSR count). The maximum absolute atomic E-state index is 14.7. The van der Waals surface area contributed by atoms with Crippen molar-refractivity contribution in [1.82, 2.24) is 18.9 Å². The Bertz CT molecular complexity index is 2110. The van der Waals surface area contributed by atoms with Gasteiger partial charge < -0.3 is 23.9 Å². The first kappa shape index (κ1) is 35.5. The van der Waals surface area contributed by atoms with E-state index in [1.165, 1.54) is 17.7 Å². The van der Waals surface area contributed by atoms with E-state index in [4.69, 9.17) is 4.74 Å². The van der Waals surface area contributed by atoms with Crippen LogP contribution in [-0.2, 0) is 31.8 Å². The fourth-order valence-electron chi connectivity index (χ4n) is 7.18. The topological polar surface area (TPSA) is 107 Å². The normalized spacial score (nSPS) is 15.8. The molecule has 1 N–H and O–H groups in total. The van der Waals surface area contributed by atoms with E-state index in [1.54, 1.807) is 40.9 Å². The predicted molar refractivity (Wildman–Crippen MR) is 199 cm³/mol. The number of aryl methyl sites for hydroxylation is 1. The number of hydrogen-bond donors (Lipinski definition) is 1. The quantitative estimate of drug-likeness (QED) is 0.216. The van der Waals surface area contributed by atoms with Crippen LogP contribution in [0.25, 0.3) is 11.3 Å². The first-order valence-corrected chi connectivity index (χ1v) is 16.9. The zero-order valence-electron chi connectivity index (χ0n) is 29.0. The van der Waals surface area contributed by atoms with Gasteiger partial charge in [0.2, 0.25) is 0 Å². The highest BCUT2D eigenvalue weighted by Gasteiger charge is 2.34. The van der Waals surface area contributed by atoms with Gasteiger partial charge in [-0.15, -0.1) is 12.4 Å². The molecule has 262 valence electrons. The van der Waals surface area contributed by atoms with Crippen LogP contribution < -0.4 is 4.90 Å². The molecule has 0 spiro atoms. The molecule has 0 unspecified atom stereocenters. The fraction of sp³-hybridized carbons (Fsp3) is 0.275. The average molecular weight is 705 g/mol. The van der Waals surface area contributed by atoms with Crippen LogP contribution in [0.15, 0.2) is 91.1 Å².